The first-order valence-corrected chi connectivity index (χ1v) is 7.37. The molecule has 0 atom stereocenters. The topological polar surface area (TPSA) is 58.6 Å². The first-order valence-electron chi connectivity index (χ1n) is 7.37. The van der Waals surface area contributed by atoms with Crippen molar-refractivity contribution < 1.29 is 14.3 Å². The van der Waals surface area contributed by atoms with Crippen LogP contribution < -0.4 is 5.32 Å². The van der Waals surface area contributed by atoms with Crippen LogP contribution in [0.2, 0.25) is 0 Å². The van der Waals surface area contributed by atoms with Gasteiger partial charge in [0.05, 0.1) is 6.54 Å². The van der Waals surface area contributed by atoms with Crippen molar-refractivity contribution in [2.45, 2.75) is 51.0 Å². The summed E-state index contributed by atoms with van der Waals surface area (Å²) in [6, 6.07) is 0. The van der Waals surface area contributed by atoms with Gasteiger partial charge in [0, 0.05) is 19.8 Å². The van der Waals surface area contributed by atoms with Crippen molar-refractivity contribution in [1.82, 2.24) is 10.2 Å². The Balaban J connectivity index is 2.05. The fourth-order valence-corrected chi connectivity index (χ4v) is 3.22. The van der Waals surface area contributed by atoms with E-state index in [1.54, 1.807) is 0 Å². The molecule has 2 amide bonds. The van der Waals surface area contributed by atoms with Gasteiger partial charge < -0.3 is 15.0 Å². The van der Waals surface area contributed by atoms with E-state index in [2.05, 4.69) is 5.32 Å². The molecule has 1 aliphatic heterocycles. The van der Waals surface area contributed by atoms with Gasteiger partial charge in [-0.25, -0.2) is 0 Å². The lowest BCUT2D eigenvalue weighted by Gasteiger charge is -2.48. The van der Waals surface area contributed by atoms with E-state index in [-0.39, 0.29) is 18.4 Å². The second-order valence-corrected chi connectivity index (χ2v) is 5.37. The third kappa shape index (κ3) is 2.91. The number of ether oxygens (including phenoxy) is 1. The Morgan fingerprint density at radius 1 is 1.26 bits per heavy atom. The minimum atomic E-state index is -0.570. The molecule has 2 rings (SSSR count). The summed E-state index contributed by atoms with van der Waals surface area (Å²) < 4.78 is 5.32. The Hall–Kier alpha value is -1.10. The minimum Gasteiger partial charge on any atom is -0.382 e. The predicted molar refractivity (Wildman–Crippen MR) is 71.6 cm³/mol. The summed E-state index contributed by atoms with van der Waals surface area (Å²) in [5.74, 6) is 0.0983. The average Bonchev–Trinajstić information content (AvgIpc) is 2.44. The van der Waals surface area contributed by atoms with Crippen molar-refractivity contribution >= 4 is 11.8 Å². The molecule has 1 aliphatic carbocycles. The van der Waals surface area contributed by atoms with E-state index in [0.29, 0.717) is 19.8 Å². The van der Waals surface area contributed by atoms with Gasteiger partial charge in [0.25, 0.3) is 0 Å². The van der Waals surface area contributed by atoms with Crippen LogP contribution >= 0.6 is 0 Å². The maximum absolute atomic E-state index is 12.3. The SMILES string of the molecule is CCOCCCN1C(=O)CNC(=O)C12CCCCC2. The number of nitrogens with one attached hydrogen (secondary N) is 1. The third-order valence-electron chi connectivity index (χ3n) is 4.20. The van der Waals surface area contributed by atoms with E-state index in [1.807, 2.05) is 11.8 Å². The third-order valence-corrected chi connectivity index (χ3v) is 4.20. The highest BCUT2D eigenvalue weighted by molar-refractivity contribution is 5.98. The lowest BCUT2D eigenvalue weighted by molar-refractivity contribution is -0.156. The van der Waals surface area contributed by atoms with E-state index in [0.717, 1.165) is 38.5 Å². The first-order chi connectivity index (χ1) is 9.20. The van der Waals surface area contributed by atoms with Crippen molar-refractivity contribution in [3.8, 4) is 0 Å². The number of amides is 2. The molecule has 1 N–H and O–H groups in total. The van der Waals surface area contributed by atoms with Crippen LogP contribution in [0.3, 0.4) is 0 Å². The van der Waals surface area contributed by atoms with Crippen LogP contribution in [0, 0.1) is 0 Å². The summed E-state index contributed by atoms with van der Waals surface area (Å²) in [4.78, 5) is 26.3. The monoisotopic (exact) mass is 268 g/mol. The van der Waals surface area contributed by atoms with Gasteiger partial charge in [-0.05, 0) is 26.2 Å². The minimum absolute atomic E-state index is 0.0446. The normalized spacial score (nSPS) is 22.7. The molecule has 19 heavy (non-hydrogen) atoms. The van der Waals surface area contributed by atoms with Crippen molar-refractivity contribution in [3.63, 3.8) is 0 Å². The smallest absolute Gasteiger partial charge is 0.246 e. The molecule has 1 spiro atoms. The zero-order chi connectivity index (χ0) is 13.7. The maximum Gasteiger partial charge on any atom is 0.246 e. The molecule has 5 heteroatoms. The largest absolute Gasteiger partial charge is 0.382 e. The fraction of sp³-hybridized carbons (Fsp3) is 0.857. The van der Waals surface area contributed by atoms with Crippen LogP contribution in [0.4, 0.5) is 0 Å². The van der Waals surface area contributed by atoms with Gasteiger partial charge in [0.15, 0.2) is 0 Å². The number of hydrogen-bond donors (Lipinski definition) is 1. The molecule has 0 radical (unpaired) electrons. The number of piperazine rings is 1. The molecule has 2 aliphatic rings. The molecular weight excluding hydrogens is 244 g/mol. The first kappa shape index (κ1) is 14.3. The van der Waals surface area contributed by atoms with Gasteiger partial charge in [-0.15, -0.1) is 0 Å². The Bertz CT molecular complexity index is 338. The van der Waals surface area contributed by atoms with Gasteiger partial charge in [-0.1, -0.05) is 19.3 Å². The summed E-state index contributed by atoms with van der Waals surface area (Å²) in [6.45, 7) is 4.08. The summed E-state index contributed by atoms with van der Waals surface area (Å²) in [7, 11) is 0. The summed E-state index contributed by atoms with van der Waals surface area (Å²) in [5.41, 5.74) is -0.570. The molecule has 2 fully saturated rings. The predicted octanol–water partition coefficient (Wildman–Crippen LogP) is 1.07. The molecule has 0 aromatic rings. The van der Waals surface area contributed by atoms with Crippen molar-refractivity contribution in [1.29, 1.82) is 0 Å². The number of rotatable bonds is 5. The molecule has 0 bridgehead atoms. The van der Waals surface area contributed by atoms with Crippen LogP contribution in [0.5, 0.6) is 0 Å². The second-order valence-electron chi connectivity index (χ2n) is 5.37. The lowest BCUT2D eigenvalue weighted by atomic mass is 9.78. The number of carbonyl (C=O) groups is 2. The highest BCUT2D eigenvalue weighted by Crippen LogP contribution is 2.35. The summed E-state index contributed by atoms with van der Waals surface area (Å²) >= 11 is 0. The fourth-order valence-electron chi connectivity index (χ4n) is 3.22. The average molecular weight is 268 g/mol. The van der Waals surface area contributed by atoms with Crippen LogP contribution in [0.15, 0.2) is 0 Å². The van der Waals surface area contributed by atoms with Crippen LogP contribution in [-0.2, 0) is 14.3 Å². The Labute approximate surface area is 114 Å². The van der Waals surface area contributed by atoms with Gasteiger partial charge in [0.1, 0.15) is 5.54 Å². The number of carbonyl (C=O) groups excluding carboxylic acids is 2. The van der Waals surface area contributed by atoms with Gasteiger partial charge >= 0.3 is 0 Å². The molecule has 1 heterocycles. The molecule has 108 valence electrons. The van der Waals surface area contributed by atoms with E-state index in [4.69, 9.17) is 4.74 Å². The highest BCUT2D eigenvalue weighted by atomic mass is 16.5. The number of nitrogens with zero attached hydrogens (tertiary/aromatic N) is 1. The van der Waals surface area contributed by atoms with Gasteiger partial charge in [-0.3, -0.25) is 9.59 Å². The van der Waals surface area contributed by atoms with E-state index in [9.17, 15) is 9.59 Å². The van der Waals surface area contributed by atoms with Gasteiger partial charge in [0.2, 0.25) is 11.8 Å². The standard InChI is InChI=1S/C14H24N2O3/c1-2-19-10-6-9-16-12(17)11-15-13(18)14(16)7-4-3-5-8-14/h2-11H2,1H3,(H,15,18). The summed E-state index contributed by atoms with van der Waals surface area (Å²) in [6.07, 6.45) is 5.63. The molecule has 5 nitrogen and oxygen atoms in total. The Morgan fingerprint density at radius 2 is 2.00 bits per heavy atom. The Kier molecular flexibility index (Phi) is 4.80. The second kappa shape index (κ2) is 6.37. The van der Waals surface area contributed by atoms with Gasteiger partial charge in [-0.2, -0.15) is 0 Å². The van der Waals surface area contributed by atoms with Crippen molar-refractivity contribution in [2.24, 2.45) is 0 Å². The van der Waals surface area contributed by atoms with Crippen LogP contribution in [0.1, 0.15) is 45.4 Å². The van der Waals surface area contributed by atoms with Crippen molar-refractivity contribution in [3.05, 3.63) is 0 Å². The molecular formula is C14H24N2O3. The quantitative estimate of drug-likeness (QED) is 0.759. The maximum atomic E-state index is 12.3. The zero-order valence-electron chi connectivity index (χ0n) is 11.7. The van der Waals surface area contributed by atoms with E-state index < -0.39 is 5.54 Å². The molecule has 1 saturated carbocycles. The molecule has 0 aromatic carbocycles. The van der Waals surface area contributed by atoms with Crippen LogP contribution in [-0.4, -0.2) is 48.6 Å². The summed E-state index contributed by atoms with van der Waals surface area (Å²) in [5, 5.41) is 2.76. The zero-order valence-corrected chi connectivity index (χ0v) is 11.7. The molecule has 0 aromatic heterocycles. The Morgan fingerprint density at radius 3 is 2.68 bits per heavy atom. The van der Waals surface area contributed by atoms with E-state index >= 15 is 0 Å². The highest BCUT2D eigenvalue weighted by Gasteiger charge is 2.49. The lowest BCUT2D eigenvalue weighted by Crippen LogP contribution is -2.67. The number of hydrogen-bond acceptors (Lipinski definition) is 3. The van der Waals surface area contributed by atoms with Crippen molar-refractivity contribution in [2.75, 3.05) is 26.3 Å². The molecule has 0 unspecified atom stereocenters. The molecule has 1 saturated heterocycles. The van der Waals surface area contributed by atoms with Crippen LogP contribution in [0.25, 0.3) is 0 Å². The van der Waals surface area contributed by atoms with E-state index in [1.165, 1.54) is 0 Å².